The summed E-state index contributed by atoms with van der Waals surface area (Å²) in [5, 5.41) is 3.13. The van der Waals surface area contributed by atoms with Crippen molar-refractivity contribution in [2.24, 2.45) is 5.73 Å². The molecule has 1 saturated heterocycles. The average Bonchev–Trinajstić information content (AvgIpc) is 3.32. The van der Waals surface area contributed by atoms with Gasteiger partial charge in [0.2, 0.25) is 11.8 Å². The third kappa shape index (κ3) is 4.27. The quantitative estimate of drug-likeness (QED) is 0.671. The summed E-state index contributed by atoms with van der Waals surface area (Å²) >= 11 is 0. The van der Waals surface area contributed by atoms with E-state index in [1.54, 1.807) is 6.07 Å². The standard InChI is InChI=1S/C22H27N5O2.ClH/c1-13(22(29)26-18-9-8-17-16(18)7-10-20(23)25-17)27-12-15(11-19(27)21(24)28)14-5-3-2-4-6-14;/h2-7,10,13,15,18-19H,8-9,11-12H2,1H3,(H2,23,25)(H2,24,28)(H,26,29);1H/t13-,15?,18+,19?;/m0./s1. The van der Waals surface area contributed by atoms with E-state index in [1.807, 2.05) is 36.1 Å². The predicted molar refractivity (Wildman–Crippen MR) is 118 cm³/mol. The number of likely N-dealkylation sites (tertiary alicyclic amines) is 1. The van der Waals surface area contributed by atoms with Gasteiger partial charge in [-0.3, -0.25) is 14.5 Å². The Morgan fingerprint density at radius 2 is 1.93 bits per heavy atom. The van der Waals surface area contributed by atoms with E-state index < -0.39 is 12.1 Å². The van der Waals surface area contributed by atoms with Gasteiger partial charge in [-0.05, 0) is 49.3 Å². The normalized spacial score (nSPS) is 24.0. The Bertz CT molecular complexity index is 923. The first-order valence-corrected chi connectivity index (χ1v) is 10.1. The molecule has 4 rings (SSSR count). The number of primary amides is 1. The molecule has 0 bridgehead atoms. The molecule has 2 unspecified atom stereocenters. The summed E-state index contributed by atoms with van der Waals surface area (Å²) in [6, 6.07) is 12.8. The van der Waals surface area contributed by atoms with Crippen LogP contribution in [0.2, 0.25) is 0 Å². The molecule has 0 saturated carbocycles. The van der Waals surface area contributed by atoms with Crippen molar-refractivity contribution in [3.05, 3.63) is 59.3 Å². The molecule has 160 valence electrons. The van der Waals surface area contributed by atoms with Gasteiger partial charge in [-0.15, -0.1) is 12.4 Å². The molecule has 0 spiro atoms. The van der Waals surface area contributed by atoms with Gasteiger partial charge in [0.1, 0.15) is 5.82 Å². The SMILES string of the molecule is C[C@@H](C(=O)N[C@@H]1CCc2nc(N)ccc21)N1CC(c2ccccc2)CC1C(N)=O.Cl. The number of aryl methyl sites for hydroxylation is 1. The zero-order chi connectivity index (χ0) is 20.5. The lowest BCUT2D eigenvalue weighted by atomic mass is 9.96. The second-order valence-electron chi connectivity index (χ2n) is 8.01. The minimum absolute atomic E-state index is 0. The number of aromatic nitrogens is 1. The van der Waals surface area contributed by atoms with E-state index in [0.717, 1.165) is 24.1 Å². The molecule has 1 aliphatic heterocycles. The number of fused-ring (bicyclic) bond motifs is 1. The molecule has 7 nitrogen and oxygen atoms in total. The number of nitrogens with two attached hydrogens (primary N) is 2. The number of benzene rings is 1. The van der Waals surface area contributed by atoms with Gasteiger partial charge >= 0.3 is 0 Å². The zero-order valence-electron chi connectivity index (χ0n) is 17.0. The molecule has 5 N–H and O–H groups in total. The lowest BCUT2D eigenvalue weighted by Gasteiger charge is -2.29. The summed E-state index contributed by atoms with van der Waals surface area (Å²) in [7, 11) is 0. The Labute approximate surface area is 182 Å². The number of hydrogen-bond donors (Lipinski definition) is 3. The summed E-state index contributed by atoms with van der Waals surface area (Å²) in [6.07, 6.45) is 2.23. The highest BCUT2D eigenvalue weighted by Gasteiger charge is 2.41. The maximum atomic E-state index is 13.0. The summed E-state index contributed by atoms with van der Waals surface area (Å²) < 4.78 is 0. The molecular formula is C22H28ClN5O2. The average molecular weight is 430 g/mol. The lowest BCUT2D eigenvalue weighted by Crippen LogP contribution is -2.51. The van der Waals surface area contributed by atoms with Gasteiger partial charge < -0.3 is 16.8 Å². The number of nitrogens with one attached hydrogen (secondary N) is 1. The van der Waals surface area contributed by atoms with E-state index >= 15 is 0 Å². The van der Waals surface area contributed by atoms with Gasteiger partial charge in [0.25, 0.3) is 0 Å². The molecule has 1 fully saturated rings. The van der Waals surface area contributed by atoms with Crippen molar-refractivity contribution in [1.82, 2.24) is 15.2 Å². The number of hydrogen-bond acceptors (Lipinski definition) is 5. The van der Waals surface area contributed by atoms with E-state index in [1.165, 1.54) is 5.56 Å². The maximum absolute atomic E-state index is 13.0. The van der Waals surface area contributed by atoms with E-state index in [-0.39, 0.29) is 36.2 Å². The number of anilines is 1. The molecule has 8 heteroatoms. The summed E-state index contributed by atoms with van der Waals surface area (Å²) in [6.45, 7) is 2.47. The minimum atomic E-state index is -0.452. The van der Waals surface area contributed by atoms with Crippen LogP contribution in [0.15, 0.2) is 42.5 Å². The van der Waals surface area contributed by atoms with Crippen LogP contribution in [0.5, 0.6) is 0 Å². The second kappa shape index (κ2) is 9.02. The molecule has 1 aliphatic carbocycles. The Morgan fingerprint density at radius 3 is 2.63 bits per heavy atom. The van der Waals surface area contributed by atoms with E-state index in [9.17, 15) is 9.59 Å². The molecule has 1 aromatic heterocycles. The molecule has 1 aromatic carbocycles. The Hall–Kier alpha value is -2.64. The van der Waals surface area contributed by atoms with Crippen molar-refractivity contribution in [3.8, 4) is 0 Å². The van der Waals surface area contributed by atoms with Crippen molar-refractivity contribution in [2.45, 2.75) is 50.2 Å². The monoisotopic (exact) mass is 429 g/mol. The van der Waals surface area contributed by atoms with Crippen LogP contribution < -0.4 is 16.8 Å². The molecule has 0 radical (unpaired) electrons. The fourth-order valence-corrected chi connectivity index (χ4v) is 4.61. The van der Waals surface area contributed by atoms with Crippen LogP contribution in [0.4, 0.5) is 5.82 Å². The molecule has 30 heavy (non-hydrogen) atoms. The summed E-state index contributed by atoms with van der Waals surface area (Å²) in [5.41, 5.74) is 14.6. The van der Waals surface area contributed by atoms with Crippen molar-refractivity contribution in [1.29, 1.82) is 0 Å². The first-order chi connectivity index (χ1) is 13.9. The van der Waals surface area contributed by atoms with Crippen molar-refractivity contribution in [3.63, 3.8) is 0 Å². The van der Waals surface area contributed by atoms with Crippen LogP contribution in [0.1, 0.15) is 48.5 Å². The number of nitrogen functional groups attached to an aromatic ring is 1. The maximum Gasteiger partial charge on any atom is 0.237 e. The first-order valence-electron chi connectivity index (χ1n) is 10.1. The molecule has 4 atom stereocenters. The van der Waals surface area contributed by atoms with Crippen molar-refractivity contribution >= 4 is 30.0 Å². The molecule has 2 aliphatic rings. The molecule has 2 amide bonds. The molecule has 2 aromatic rings. The van der Waals surface area contributed by atoms with Crippen LogP contribution in [0.3, 0.4) is 0 Å². The van der Waals surface area contributed by atoms with Gasteiger partial charge in [-0.25, -0.2) is 4.98 Å². The van der Waals surface area contributed by atoms with Crippen LogP contribution in [0.25, 0.3) is 0 Å². The summed E-state index contributed by atoms with van der Waals surface area (Å²) in [5.74, 6) is 0.203. The van der Waals surface area contributed by atoms with Crippen molar-refractivity contribution < 1.29 is 9.59 Å². The predicted octanol–water partition coefficient (Wildman–Crippen LogP) is 1.92. The lowest BCUT2D eigenvalue weighted by molar-refractivity contribution is -0.129. The van der Waals surface area contributed by atoms with Crippen LogP contribution >= 0.6 is 12.4 Å². The van der Waals surface area contributed by atoms with Gasteiger partial charge in [0.15, 0.2) is 0 Å². The number of carbonyl (C=O) groups excluding carboxylic acids is 2. The smallest absolute Gasteiger partial charge is 0.237 e. The van der Waals surface area contributed by atoms with E-state index in [2.05, 4.69) is 22.4 Å². The van der Waals surface area contributed by atoms with Gasteiger partial charge in [0, 0.05) is 12.2 Å². The molecular weight excluding hydrogens is 402 g/mol. The van der Waals surface area contributed by atoms with Crippen LogP contribution in [-0.2, 0) is 16.0 Å². The number of nitrogens with zero attached hydrogens (tertiary/aromatic N) is 2. The zero-order valence-corrected chi connectivity index (χ0v) is 17.8. The largest absolute Gasteiger partial charge is 0.384 e. The van der Waals surface area contributed by atoms with Gasteiger partial charge in [-0.2, -0.15) is 0 Å². The van der Waals surface area contributed by atoms with Crippen LogP contribution in [-0.4, -0.2) is 40.3 Å². The third-order valence-electron chi connectivity index (χ3n) is 6.21. The number of rotatable bonds is 5. The van der Waals surface area contributed by atoms with E-state index in [0.29, 0.717) is 18.8 Å². The number of pyridine rings is 1. The highest BCUT2D eigenvalue weighted by atomic mass is 35.5. The second-order valence-corrected chi connectivity index (χ2v) is 8.01. The van der Waals surface area contributed by atoms with Gasteiger partial charge in [0.05, 0.1) is 18.1 Å². The van der Waals surface area contributed by atoms with Crippen LogP contribution in [0, 0.1) is 0 Å². The Balaban J connectivity index is 0.00000256. The minimum Gasteiger partial charge on any atom is -0.384 e. The topological polar surface area (TPSA) is 114 Å². The number of amides is 2. The van der Waals surface area contributed by atoms with Crippen molar-refractivity contribution in [2.75, 3.05) is 12.3 Å². The highest BCUT2D eigenvalue weighted by molar-refractivity contribution is 5.85. The fourth-order valence-electron chi connectivity index (χ4n) is 4.61. The number of halogens is 1. The first kappa shape index (κ1) is 22.1. The molecule has 2 heterocycles. The van der Waals surface area contributed by atoms with E-state index in [4.69, 9.17) is 11.5 Å². The fraction of sp³-hybridized carbons (Fsp3) is 0.409. The van der Waals surface area contributed by atoms with Gasteiger partial charge in [-0.1, -0.05) is 36.4 Å². The Kier molecular flexibility index (Phi) is 6.63. The summed E-state index contributed by atoms with van der Waals surface area (Å²) in [4.78, 5) is 31.4. The highest BCUT2D eigenvalue weighted by Crippen LogP contribution is 2.34. The Morgan fingerprint density at radius 1 is 1.20 bits per heavy atom. The third-order valence-corrected chi connectivity index (χ3v) is 6.21. The number of carbonyl (C=O) groups is 2.